The molecule has 0 aliphatic carbocycles. The fourth-order valence-corrected chi connectivity index (χ4v) is 2.56. The van der Waals surface area contributed by atoms with E-state index in [0.717, 1.165) is 25.9 Å². The highest BCUT2D eigenvalue weighted by molar-refractivity contribution is 5.75. The van der Waals surface area contributed by atoms with E-state index in [2.05, 4.69) is 15.5 Å². The number of carbonyl (C=O) groups is 1. The van der Waals surface area contributed by atoms with E-state index in [0.29, 0.717) is 50.1 Å². The zero-order valence-electron chi connectivity index (χ0n) is 14.1. The highest BCUT2D eigenvalue weighted by atomic mass is 16.5. The van der Waals surface area contributed by atoms with Gasteiger partial charge in [0, 0.05) is 32.6 Å². The first kappa shape index (κ1) is 17.6. The molecule has 0 radical (unpaired) electrons. The molecule has 1 N–H and O–H groups in total. The van der Waals surface area contributed by atoms with Crippen LogP contribution in [0, 0.1) is 0 Å². The Kier molecular flexibility index (Phi) is 6.58. The third kappa shape index (κ3) is 5.68. The Bertz CT molecular complexity index is 635. The molecule has 1 aliphatic heterocycles. The summed E-state index contributed by atoms with van der Waals surface area (Å²) in [6.07, 6.45) is 5.47. The van der Waals surface area contributed by atoms with Gasteiger partial charge >= 0.3 is 0 Å². The van der Waals surface area contributed by atoms with Gasteiger partial charge < -0.3 is 23.7 Å². The van der Waals surface area contributed by atoms with Gasteiger partial charge in [-0.2, -0.15) is 4.98 Å². The summed E-state index contributed by atoms with van der Waals surface area (Å²) in [5.74, 6) is 1.31. The lowest BCUT2D eigenvalue weighted by Crippen LogP contribution is -2.26. The van der Waals surface area contributed by atoms with Crippen molar-refractivity contribution in [2.45, 2.75) is 38.2 Å². The molecular weight excluding hydrogens is 326 g/mol. The minimum absolute atomic E-state index is 0.0446. The number of amides is 1. The van der Waals surface area contributed by atoms with Crippen molar-refractivity contribution >= 4 is 5.91 Å². The maximum atomic E-state index is 11.8. The molecule has 8 heteroatoms. The van der Waals surface area contributed by atoms with E-state index < -0.39 is 0 Å². The van der Waals surface area contributed by atoms with Crippen LogP contribution in [0.3, 0.4) is 0 Å². The molecule has 1 atom stereocenters. The summed E-state index contributed by atoms with van der Waals surface area (Å²) in [6.45, 7) is 2.69. The number of hydrogen-bond acceptors (Lipinski definition) is 7. The third-order valence-electron chi connectivity index (χ3n) is 3.89. The van der Waals surface area contributed by atoms with Crippen LogP contribution in [0.4, 0.5) is 0 Å². The van der Waals surface area contributed by atoms with Gasteiger partial charge in [0.05, 0.1) is 19.0 Å². The Morgan fingerprint density at radius 3 is 3.20 bits per heavy atom. The normalized spacial score (nSPS) is 17.0. The van der Waals surface area contributed by atoms with E-state index in [1.165, 1.54) is 0 Å². The Morgan fingerprint density at radius 2 is 2.40 bits per heavy atom. The minimum atomic E-state index is -0.0446. The number of ether oxygens (including phenoxy) is 2. The summed E-state index contributed by atoms with van der Waals surface area (Å²) in [5, 5.41) is 6.68. The second kappa shape index (κ2) is 9.33. The number of carbonyl (C=O) groups excluding carboxylic acids is 1. The van der Waals surface area contributed by atoms with Gasteiger partial charge in [-0.05, 0) is 31.4 Å². The van der Waals surface area contributed by atoms with Gasteiger partial charge in [0.15, 0.2) is 5.76 Å². The number of hydrogen-bond donors (Lipinski definition) is 1. The number of furan rings is 1. The van der Waals surface area contributed by atoms with Crippen LogP contribution in [0.25, 0.3) is 11.6 Å². The summed E-state index contributed by atoms with van der Waals surface area (Å²) >= 11 is 0. The van der Waals surface area contributed by atoms with Gasteiger partial charge in [0.1, 0.15) is 0 Å². The molecule has 1 amide bonds. The molecule has 25 heavy (non-hydrogen) atoms. The van der Waals surface area contributed by atoms with E-state index in [1.807, 2.05) is 0 Å². The predicted octanol–water partition coefficient (Wildman–Crippen LogP) is 1.96. The van der Waals surface area contributed by atoms with Gasteiger partial charge in [-0.3, -0.25) is 4.79 Å². The van der Waals surface area contributed by atoms with Crippen LogP contribution >= 0.6 is 0 Å². The maximum Gasteiger partial charge on any atom is 0.238 e. The van der Waals surface area contributed by atoms with Crippen LogP contribution in [-0.2, 0) is 20.7 Å². The lowest BCUT2D eigenvalue weighted by atomic mass is 10.2. The van der Waals surface area contributed by atoms with Crippen molar-refractivity contribution in [2.24, 2.45) is 0 Å². The van der Waals surface area contributed by atoms with Crippen molar-refractivity contribution in [3.8, 4) is 11.6 Å². The fourth-order valence-electron chi connectivity index (χ4n) is 2.56. The van der Waals surface area contributed by atoms with E-state index in [9.17, 15) is 4.79 Å². The van der Waals surface area contributed by atoms with Crippen LogP contribution in [-0.4, -0.2) is 48.5 Å². The molecule has 0 aromatic carbocycles. The molecule has 0 bridgehead atoms. The Hall–Kier alpha value is -2.19. The molecule has 1 saturated heterocycles. The van der Waals surface area contributed by atoms with Crippen molar-refractivity contribution in [1.29, 1.82) is 0 Å². The summed E-state index contributed by atoms with van der Waals surface area (Å²) in [5.41, 5.74) is 0. The molecule has 2 aromatic heterocycles. The van der Waals surface area contributed by atoms with Crippen LogP contribution < -0.4 is 5.32 Å². The second-order valence-corrected chi connectivity index (χ2v) is 5.90. The number of aryl methyl sites for hydroxylation is 1. The lowest BCUT2D eigenvalue weighted by Gasteiger charge is -2.10. The summed E-state index contributed by atoms with van der Waals surface area (Å²) in [6, 6.07) is 3.51. The lowest BCUT2D eigenvalue weighted by molar-refractivity contribution is -0.121. The zero-order valence-corrected chi connectivity index (χ0v) is 14.1. The monoisotopic (exact) mass is 349 g/mol. The van der Waals surface area contributed by atoms with Crippen molar-refractivity contribution < 1.29 is 23.2 Å². The number of nitrogens with one attached hydrogen (secondary N) is 1. The van der Waals surface area contributed by atoms with Gasteiger partial charge in [0.25, 0.3) is 0 Å². The van der Waals surface area contributed by atoms with Crippen molar-refractivity contribution in [3.05, 3.63) is 24.3 Å². The quantitative estimate of drug-likeness (QED) is 0.655. The van der Waals surface area contributed by atoms with E-state index >= 15 is 0 Å². The third-order valence-corrected chi connectivity index (χ3v) is 3.89. The molecular formula is C17H23N3O5. The average molecular weight is 349 g/mol. The highest BCUT2D eigenvalue weighted by Gasteiger charge is 2.15. The highest BCUT2D eigenvalue weighted by Crippen LogP contribution is 2.16. The Morgan fingerprint density at radius 1 is 1.44 bits per heavy atom. The summed E-state index contributed by atoms with van der Waals surface area (Å²) in [4.78, 5) is 16.0. The average Bonchev–Trinajstić information content (AvgIpc) is 3.38. The van der Waals surface area contributed by atoms with Crippen molar-refractivity contribution in [3.63, 3.8) is 0 Å². The first-order valence-corrected chi connectivity index (χ1v) is 8.64. The topological polar surface area (TPSA) is 99.6 Å². The Balaban J connectivity index is 1.24. The van der Waals surface area contributed by atoms with Crippen LogP contribution in [0.5, 0.6) is 0 Å². The maximum absolute atomic E-state index is 11.8. The number of aromatic nitrogens is 2. The number of rotatable bonds is 10. The molecule has 3 rings (SSSR count). The second-order valence-electron chi connectivity index (χ2n) is 5.90. The molecule has 0 spiro atoms. The minimum Gasteiger partial charge on any atom is -0.461 e. The zero-order chi connectivity index (χ0) is 17.3. The number of nitrogens with zero attached hydrogens (tertiary/aromatic N) is 2. The predicted molar refractivity (Wildman–Crippen MR) is 87.7 cm³/mol. The molecule has 1 fully saturated rings. The molecule has 2 aromatic rings. The fraction of sp³-hybridized carbons (Fsp3) is 0.588. The van der Waals surface area contributed by atoms with E-state index in [1.54, 1.807) is 18.4 Å². The molecule has 3 heterocycles. The Labute approximate surface area is 145 Å². The van der Waals surface area contributed by atoms with E-state index in [-0.39, 0.29) is 12.0 Å². The van der Waals surface area contributed by atoms with Gasteiger partial charge in [-0.1, -0.05) is 5.16 Å². The molecule has 136 valence electrons. The standard InChI is InChI=1S/C17H23N3O5/c21-15(18-8-3-9-22-12-13-4-1-10-23-13)6-7-16-19-17(20-25-16)14-5-2-11-24-14/h2,5,11,13H,1,3-4,6-10,12H2,(H,18,21). The van der Waals surface area contributed by atoms with Crippen molar-refractivity contribution in [2.75, 3.05) is 26.4 Å². The van der Waals surface area contributed by atoms with Gasteiger partial charge in [0.2, 0.25) is 17.6 Å². The van der Waals surface area contributed by atoms with Gasteiger partial charge in [-0.15, -0.1) is 0 Å². The SMILES string of the molecule is O=C(CCc1nc(-c2ccco2)no1)NCCCOCC1CCCO1. The van der Waals surface area contributed by atoms with Gasteiger partial charge in [-0.25, -0.2) is 0 Å². The molecule has 0 saturated carbocycles. The summed E-state index contributed by atoms with van der Waals surface area (Å²) < 4.78 is 21.3. The first-order chi connectivity index (χ1) is 12.3. The van der Waals surface area contributed by atoms with Crippen molar-refractivity contribution in [1.82, 2.24) is 15.5 Å². The molecule has 1 aliphatic rings. The first-order valence-electron chi connectivity index (χ1n) is 8.64. The largest absolute Gasteiger partial charge is 0.461 e. The smallest absolute Gasteiger partial charge is 0.238 e. The van der Waals surface area contributed by atoms with Crippen LogP contribution in [0.2, 0.25) is 0 Å². The van der Waals surface area contributed by atoms with E-state index in [4.69, 9.17) is 18.4 Å². The molecule has 1 unspecified atom stereocenters. The van der Waals surface area contributed by atoms with Crippen LogP contribution in [0.1, 0.15) is 31.6 Å². The summed E-state index contributed by atoms with van der Waals surface area (Å²) in [7, 11) is 0. The van der Waals surface area contributed by atoms with Crippen LogP contribution in [0.15, 0.2) is 27.3 Å². The molecule has 8 nitrogen and oxygen atoms in total.